The van der Waals surface area contributed by atoms with Crippen molar-refractivity contribution in [2.75, 3.05) is 33.4 Å². The second kappa shape index (κ2) is 9.99. The minimum atomic E-state index is -0.298. The maximum atomic E-state index is 12.8. The van der Waals surface area contributed by atoms with Gasteiger partial charge in [0.25, 0.3) is 11.8 Å². The number of nitrogens with one attached hydrogen (secondary N) is 1. The van der Waals surface area contributed by atoms with Gasteiger partial charge in [0.1, 0.15) is 11.4 Å². The van der Waals surface area contributed by atoms with Gasteiger partial charge in [-0.15, -0.1) is 0 Å². The molecule has 0 saturated carbocycles. The van der Waals surface area contributed by atoms with E-state index in [2.05, 4.69) is 34.6 Å². The highest BCUT2D eigenvalue weighted by Gasteiger charge is 2.25. The van der Waals surface area contributed by atoms with E-state index in [9.17, 15) is 9.59 Å². The van der Waals surface area contributed by atoms with Crippen LogP contribution in [0.25, 0.3) is 0 Å². The van der Waals surface area contributed by atoms with Gasteiger partial charge in [-0.1, -0.05) is 36.4 Å². The molecule has 0 unspecified atom stereocenters. The van der Waals surface area contributed by atoms with Crippen LogP contribution in [0.5, 0.6) is 0 Å². The SMILES string of the molecule is COCCNC(=O)c1cccc(C(=O)N2CCC(Cc3ccccc3)CC2)n1. The van der Waals surface area contributed by atoms with Gasteiger partial charge in [0.2, 0.25) is 0 Å². The summed E-state index contributed by atoms with van der Waals surface area (Å²) < 4.78 is 4.92. The molecule has 2 amide bonds. The number of hydrogen-bond donors (Lipinski definition) is 1. The van der Waals surface area contributed by atoms with Crippen molar-refractivity contribution in [3.05, 3.63) is 65.5 Å². The fraction of sp³-hybridized carbons (Fsp3) is 0.409. The molecule has 148 valence electrons. The summed E-state index contributed by atoms with van der Waals surface area (Å²) in [7, 11) is 1.58. The Labute approximate surface area is 165 Å². The predicted molar refractivity (Wildman–Crippen MR) is 107 cm³/mol. The molecule has 28 heavy (non-hydrogen) atoms. The van der Waals surface area contributed by atoms with Gasteiger partial charge in [0.15, 0.2) is 0 Å². The lowest BCUT2D eigenvalue weighted by atomic mass is 9.90. The zero-order chi connectivity index (χ0) is 19.8. The summed E-state index contributed by atoms with van der Waals surface area (Å²) in [5.74, 6) is 0.190. The summed E-state index contributed by atoms with van der Waals surface area (Å²) in [6, 6.07) is 15.5. The van der Waals surface area contributed by atoms with Crippen molar-refractivity contribution in [3.8, 4) is 0 Å². The smallest absolute Gasteiger partial charge is 0.272 e. The molecule has 6 nitrogen and oxygen atoms in total. The highest BCUT2D eigenvalue weighted by atomic mass is 16.5. The molecule has 1 aromatic carbocycles. The van der Waals surface area contributed by atoms with Gasteiger partial charge in [-0.05, 0) is 42.9 Å². The van der Waals surface area contributed by atoms with Gasteiger partial charge in [-0.2, -0.15) is 0 Å². The van der Waals surface area contributed by atoms with Crippen LogP contribution >= 0.6 is 0 Å². The second-order valence-electron chi connectivity index (χ2n) is 7.08. The lowest BCUT2D eigenvalue weighted by molar-refractivity contribution is 0.0684. The number of piperidine rings is 1. The summed E-state index contributed by atoms with van der Waals surface area (Å²) in [6.07, 6.45) is 3.02. The molecule has 1 N–H and O–H groups in total. The Morgan fingerprint density at radius 2 is 1.79 bits per heavy atom. The molecule has 6 heteroatoms. The molecular weight excluding hydrogens is 354 g/mol. The molecule has 1 aromatic heterocycles. The normalized spacial score (nSPS) is 14.7. The highest BCUT2D eigenvalue weighted by molar-refractivity contribution is 5.96. The first-order chi connectivity index (χ1) is 13.7. The summed E-state index contributed by atoms with van der Waals surface area (Å²) >= 11 is 0. The first-order valence-corrected chi connectivity index (χ1v) is 9.74. The first kappa shape index (κ1) is 20.0. The zero-order valence-corrected chi connectivity index (χ0v) is 16.3. The van der Waals surface area contributed by atoms with E-state index in [0.29, 0.717) is 24.8 Å². The number of likely N-dealkylation sites (tertiary alicyclic amines) is 1. The number of methoxy groups -OCH3 is 1. The number of hydrogen-bond acceptors (Lipinski definition) is 4. The Morgan fingerprint density at radius 3 is 2.50 bits per heavy atom. The van der Waals surface area contributed by atoms with Crippen molar-refractivity contribution in [1.82, 2.24) is 15.2 Å². The number of carbonyl (C=O) groups is 2. The molecular formula is C22H27N3O3. The predicted octanol–water partition coefficient (Wildman–Crippen LogP) is 2.55. The van der Waals surface area contributed by atoms with Gasteiger partial charge >= 0.3 is 0 Å². The van der Waals surface area contributed by atoms with Crippen LogP contribution in [0.4, 0.5) is 0 Å². The molecule has 1 aliphatic heterocycles. The van der Waals surface area contributed by atoms with E-state index < -0.39 is 0 Å². The van der Waals surface area contributed by atoms with Crippen molar-refractivity contribution in [2.45, 2.75) is 19.3 Å². The van der Waals surface area contributed by atoms with E-state index in [0.717, 1.165) is 32.4 Å². The van der Waals surface area contributed by atoms with Crippen LogP contribution in [0, 0.1) is 5.92 Å². The largest absolute Gasteiger partial charge is 0.383 e. The summed E-state index contributed by atoms with van der Waals surface area (Å²) in [4.78, 5) is 31.1. The zero-order valence-electron chi connectivity index (χ0n) is 16.3. The average Bonchev–Trinajstić information content (AvgIpc) is 2.75. The lowest BCUT2D eigenvalue weighted by Crippen LogP contribution is -2.39. The van der Waals surface area contributed by atoms with Crippen LogP contribution < -0.4 is 5.32 Å². The number of nitrogens with zero attached hydrogens (tertiary/aromatic N) is 2. The number of ether oxygens (including phenoxy) is 1. The van der Waals surface area contributed by atoms with E-state index in [1.54, 1.807) is 25.3 Å². The molecule has 2 aromatic rings. The van der Waals surface area contributed by atoms with Crippen molar-refractivity contribution < 1.29 is 14.3 Å². The topological polar surface area (TPSA) is 71.5 Å². The molecule has 0 radical (unpaired) electrons. The molecule has 1 saturated heterocycles. The summed E-state index contributed by atoms with van der Waals surface area (Å²) in [5.41, 5.74) is 1.92. The molecule has 0 bridgehead atoms. The van der Waals surface area contributed by atoms with Crippen molar-refractivity contribution in [2.24, 2.45) is 5.92 Å². The number of rotatable bonds is 7. The first-order valence-electron chi connectivity index (χ1n) is 9.74. The third kappa shape index (κ3) is 5.39. The quantitative estimate of drug-likeness (QED) is 0.748. The van der Waals surface area contributed by atoms with Crippen LogP contribution in [0.15, 0.2) is 48.5 Å². The van der Waals surface area contributed by atoms with Crippen LogP contribution in [0.2, 0.25) is 0 Å². The van der Waals surface area contributed by atoms with Gasteiger partial charge in [0, 0.05) is 26.7 Å². The number of carbonyl (C=O) groups excluding carboxylic acids is 2. The highest BCUT2D eigenvalue weighted by Crippen LogP contribution is 2.22. The summed E-state index contributed by atoms with van der Waals surface area (Å²) in [6.45, 7) is 2.29. The molecule has 0 atom stereocenters. The minimum absolute atomic E-state index is 0.107. The molecule has 2 heterocycles. The Bertz CT molecular complexity index is 787. The number of amides is 2. The monoisotopic (exact) mass is 381 g/mol. The third-order valence-electron chi connectivity index (χ3n) is 5.06. The van der Waals surface area contributed by atoms with E-state index >= 15 is 0 Å². The van der Waals surface area contributed by atoms with E-state index in [-0.39, 0.29) is 17.5 Å². The maximum Gasteiger partial charge on any atom is 0.272 e. The fourth-order valence-electron chi connectivity index (χ4n) is 3.49. The summed E-state index contributed by atoms with van der Waals surface area (Å²) in [5, 5.41) is 2.72. The van der Waals surface area contributed by atoms with Crippen LogP contribution in [-0.4, -0.2) is 55.0 Å². The Hall–Kier alpha value is -2.73. The number of benzene rings is 1. The van der Waals surface area contributed by atoms with E-state index in [1.807, 2.05) is 11.0 Å². The number of aromatic nitrogens is 1. The lowest BCUT2D eigenvalue weighted by Gasteiger charge is -2.32. The van der Waals surface area contributed by atoms with Crippen LogP contribution in [0.3, 0.4) is 0 Å². The van der Waals surface area contributed by atoms with Crippen molar-refractivity contribution in [1.29, 1.82) is 0 Å². The average molecular weight is 381 g/mol. The maximum absolute atomic E-state index is 12.8. The van der Waals surface area contributed by atoms with Gasteiger partial charge in [-0.3, -0.25) is 9.59 Å². The molecule has 0 spiro atoms. The molecule has 1 aliphatic rings. The van der Waals surface area contributed by atoms with Crippen LogP contribution in [-0.2, 0) is 11.2 Å². The van der Waals surface area contributed by atoms with Gasteiger partial charge in [-0.25, -0.2) is 4.98 Å². The molecule has 3 rings (SSSR count). The Balaban J connectivity index is 1.55. The van der Waals surface area contributed by atoms with Gasteiger partial charge < -0.3 is 15.0 Å². The van der Waals surface area contributed by atoms with Crippen molar-refractivity contribution >= 4 is 11.8 Å². The fourth-order valence-corrected chi connectivity index (χ4v) is 3.49. The van der Waals surface area contributed by atoms with Gasteiger partial charge in [0.05, 0.1) is 6.61 Å². The van der Waals surface area contributed by atoms with E-state index in [1.165, 1.54) is 5.56 Å². The second-order valence-corrected chi connectivity index (χ2v) is 7.08. The molecule has 1 fully saturated rings. The Morgan fingerprint density at radius 1 is 1.07 bits per heavy atom. The third-order valence-corrected chi connectivity index (χ3v) is 5.06. The minimum Gasteiger partial charge on any atom is -0.383 e. The molecule has 0 aliphatic carbocycles. The Kier molecular flexibility index (Phi) is 7.14. The van der Waals surface area contributed by atoms with E-state index in [4.69, 9.17) is 4.74 Å². The van der Waals surface area contributed by atoms with Crippen LogP contribution in [0.1, 0.15) is 39.4 Å². The standard InChI is InChI=1S/C22H27N3O3/c1-28-15-12-23-21(26)19-8-5-9-20(24-19)22(27)25-13-10-18(11-14-25)16-17-6-3-2-4-7-17/h2-9,18H,10-16H2,1H3,(H,23,26). The number of pyridine rings is 1. The van der Waals surface area contributed by atoms with Crippen molar-refractivity contribution in [3.63, 3.8) is 0 Å².